The van der Waals surface area contributed by atoms with Gasteiger partial charge in [0.05, 0.1) is 13.0 Å². The third-order valence-corrected chi connectivity index (χ3v) is 3.53. The van der Waals surface area contributed by atoms with Crippen LogP contribution in [-0.4, -0.2) is 12.9 Å². The number of ketones is 1. The lowest BCUT2D eigenvalue weighted by Gasteiger charge is -2.26. The predicted octanol–water partition coefficient (Wildman–Crippen LogP) is 3.90. The first-order chi connectivity index (χ1) is 9.67. The molecule has 0 aliphatic heterocycles. The molecular formula is C17H21NO2. The predicted molar refractivity (Wildman–Crippen MR) is 81.3 cm³/mol. The zero-order valence-electron chi connectivity index (χ0n) is 12.3. The first kappa shape index (κ1) is 14.4. The number of methoxy groups -OCH3 is 1. The van der Waals surface area contributed by atoms with Crippen LogP contribution >= 0.6 is 0 Å². The van der Waals surface area contributed by atoms with Gasteiger partial charge in [-0.25, -0.2) is 0 Å². The van der Waals surface area contributed by atoms with Crippen molar-refractivity contribution in [3.63, 3.8) is 0 Å². The Bertz CT molecular complexity index is 543. The summed E-state index contributed by atoms with van der Waals surface area (Å²) in [5.74, 6) is 0.615. The minimum Gasteiger partial charge on any atom is -0.496 e. The van der Waals surface area contributed by atoms with Crippen LogP contribution in [0.15, 0.2) is 53.4 Å². The molecule has 0 amide bonds. The molecule has 0 bridgehead atoms. The van der Waals surface area contributed by atoms with E-state index in [1.807, 2.05) is 37.3 Å². The van der Waals surface area contributed by atoms with Gasteiger partial charge < -0.3 is 10.1 Å². The molecule has 0 saturated heterocycles. The second-order valence-corrected chi connectivity index (χ2v) is 4.97. The third kappa shape index (κ3) is 2.93. The fourth-order valence-electron chi connectivity index (χ4n) is 2.43. The van der Waals surface area contributed by atoms with Crippen LogP contribution in [0.3, 0.4) is 0 Å². The van der Waals surface area contributed by atoms with E-state index in [0.29, 0.717) is 5.76 Å². The second-order valence-electron chi connectivity index (χ2n) is 4.97. The van der Waals surface area contributed by atoms with Gasteiger partial charge in [0, 0.05) is 23.0 Å². The molecule has 3 heteroatoms. The van der Waals surface area contributed by atoms with Gasteiger partial charge >= 0.3 is 0 Å². The summed E-state index contributed by atoms with van der Waals surface area (Å²) in [6, 6.07) is 9.93. The number of allylic oxidation sites excluding steroid dienone is 3. The number of hydrogen-bond donors (Lipinski definition) is 1. The Balaban J connectivity index is 2.40. The van der Waals surface area contributed by atoms with E-state index in [0.717, 1.165) is 29.8 Å². The molecule has 0 heterocycles. The van der Waals surface area contributed by atoms with Gasteiger partial charge in [-0.15, -0.1) is 0 Å². The zero-order valence-corrected chi connectivity index (χ0v) is 12.3. The molecule has 3 nitrogen and oxygen atoms in total. The molecule has 1 unspecified atom stereocenters. The molecule has 0 aromatic heterocycles. The van der Waals surface area contributed by atoms with Crippen LogP contribution in [0.5, 0.6) is 0 Å². The monoisotopic (exact) mass is 271 g/mol. The molecule has 106 valence electrons. The Morgan fingerprint density at radius 3 is 2.55 bits per heavy atom. The summed E-state index contributed by atoms with van der Waals surface area (Å²) in [5, 5.41) is 3.40. The summed E-state index contributed by atoms with van der Waals surface area (Å²) in [5.41, 5.74) is 3.06. The van der Waals surface area contributed by atoms with Gasteiger partial charge in [-0.1, -0.05) is 31.5 Å². The average Bonchev–Trinajstić information content (AvgIpc) is 2.47. The quantitative estimate of drug-likeness (QED) is 0.882. The lowest BCUT2D eigenvalue weighted by Crippen LogP contribution is -2.24. The highest BCUT2D eigenvalue weighted by atomic mass is 16.5. The Kier molecular flexibility index (Phi) is 4.61. The molecule has 0 fully saturated rings. The Morgan fingerprint density at radius 1 is 1.25 bits per heavy atom. The fourth-order valence-corrected chi connectivity index (χ4v) is 2.43. The van der Waals surface area contributed by atoms with Gasteiger partial charge in [0.25, 0.3) is 0 Å². The first-order valence-corrected chi connectivity index (χ1v) is 7.02. The van der Waals surface area contributed by atoms with E-state index in [1.54, 1.807) is 13.2 Å². The van der Waals surface area contributed by atoms with Crippen molar-refractivity contribution in [1.29, 1.82) is 0 Å². The number of rotatable bonds is 5. The lowest BCUT2D eigenvalue weighted by atomic mass is 9.89. The summed E-state index contributed by atoms with van der Waals surface area (Å²) in [4.78, 5) is 12.1. The topological polar surface area (TPSA) is 38.3 Å². The molecule has 2 rings (SSSR count). The van der Waals surface area contributed by atoms with E-state index in [2.05, 4.69) is 12.2 Å². The minimum absolute atomic E-state index is 0.0835. The normalized spacial score (nSPS) is 18.9. The number of para-hydroxylation sites is 1. The van der Waals surface area contributed by atoms with Crippen molar-refractivity contribution in [1.82, 2.24) is 0 Å². The van der Waals surface area contributed by atoms with Crippen molar-refractivity contribution in [2.75, 3.05) is 12.4 Å². The number of anilines is 1. The molecule has 1 aliphatic carbocycles. The van der Waals surface area contributed by atoms with Gasteiger partial charge in [-0.05, 0) is 25.5 Å². The maximum absolute atomic E-state index is 12.1. The van der Waals surface area contributed by atoms with Crippen LogP contribution in [-0.2, 0) is 9.53 Å². The Hall–Kier alpha value is -2.03. The van der Waals surface area contributed by atoms with Gasteiger partial charge in [-0.3, -0.25) is 4.79 Å². The van der Waals surface area contributed by atoms with Crippen molar-refractivity contribution in [3.05, 3.63) is 53.4 Å². The van der Waals surface area contributed by atoms with Crippen LogP contribution in [0, 0.1) is 5.92 Å². The number of hydrogen-bond acceptors (Lipinski definition) is 3. The van der Waals surface area contributed by atoms with Gasteiger partial charge in [0.2, 0.25) is 0 Å². The van der Waals surface area contributed by atoms with E-state index in [9.17, 15) is 4.79 Å². The van der Waals surface area contributed by atoms with Crippen LogP contribution in [0.2, 0.25) is 0 Å². The van der Waals surface area contributed by atoms with Crippen molar-refractivity contribution in [2.45, 2.75) is 26.7 Å². The van der Waals surface area contributed by atoms with Crippen molar-refractivity contribution in [3.8, 4) is 0 Å². The van der Waals surface area contributed by atoms with E-state index in [1.165, 1.54) is 0 Å². The van der Waals surface area contributed by atoms with Gasteiger partial charge in [0.1, 0.15) is 5.76 Å². The number of nitrogens with one attached hydrogen (secondary N) is 1. The molecule has 0 radical (unpaired) electrons. The van der Waals surface area contributed by atoms with Gasteiger partial charge in [-0.2, -0.15) is 0 Å². The summed E-state index contributed by atoms with van der Waals surface area (Å²) < 4.78 is 5.39. The number of carbonyl (C=O) groups is 1. The smallest absolute Gasteiger partial charge is 0.168 e. The average molecular weight is 271 g/mol. The maximum atomic E-state index is 12.1. The summed E-state index contributed by atoms with van der Waals surface area (Å²) in [7, 11) is 1.62. The van der Waals surface area contributed by atoms with Crippen LogP contribution in [0.1, 0.15) is 26.7 Å². The lowest BCUT2D eigenvalue weighted by molar-refractivity contribution is -0.117. The van der Waals surface area contributed by atoms with Crippen LogP contribution in [0.25, 0.3) is 0 Å². The van der Waals surface area contributed by atoms with E-state index in [-0.39, 0.29) is 11.7 Å². The van der Waals surface area contributed by atoms with Crippen molar-refractivity contribution in [2.24, 2.45) is 5.92 Å². The molecule has 0 saturated carbocycles. The molecule has 1 N–H and O–H groups in total. The molecule has 1 aromatic rings. The Labute approximate surface area is 120 Å². The summed E-state index contributed by atoms with van der Waals surface area (Å²) >= 11 is 0. The molecule has 1 aromatic carbocycles. The van der Waals surface area contributed by atoms with E-state index < -0.39 is 0 Å². The van der Waals surface area contributed by atoms with Crippen molar-refractivity contribution < 1.29 is 9.53 Å². The minimum atomic E-state index is -0.157. The SMILES string of the molecule is CCCC1=C(Nc2ccccc2)C(C)C(=O)C=C1OC. The van der Waals surface area contributed by atoms with E-state index in [4.69, 9.17) is 4.74 Å². The van der Waals surface area contributed by atoms with Crippen LogP contribution in [0.4, 0.5) is 5.69 Å². The summed E-state index contributed by atoms with van der Waals surface area (Å²) in [6.45, 7) is 4.06. The highest BCUT2D eigenvalue weighted by Crippen LogP contribution is 2.32. The largest absolute Gasteiger partial charge is 0.496 e. The standard InChI is InChI=1S/C17H21NO2/c1-4-8-14-16(20-3)11-15(19)12(2)17(14)18-13-9-6-5-7-10-13/h5-7,9-12,18H,4,8H2,1-3H3. The third-order valence-electron chi connectivity index (χ3n) is 3.53. The number of benzene rings is 1. The fraction of sp³-hybridized carbons (Fsp3) is 0.353. The molecular weight excluding hydrogens is 250 g/mol. The number of ether oxygens (including phenoxy) is 1. The molecule has 0 spiro atoms. The van der Waals surface area contributed by atoms with Gasteiger partial charge in [0.15, 0.2) is 5.78 Å². The highest BCUT2D eigenvalue weighted by molar-refractivity contribution is 5.97. The first-order valence-electron chi connectivity index (χ1n) is 7.02. The molecule has 1 atom stereocenters. The second kappa shape index (κ2) is 6.42. The molecule has 20 heavy (non-hydrogen) atoms. The molecule has 1 aliphatic rings. The van der Waals surface area contributed by atoms with Crippen molar-refractivity contribution >= 4 is 11.5 Å². The zero-order chi connectivity index (χ0) is 14.5. The highest BCUT2D eigenvalue weighted by Gasteiger charge is 2.27. The Morgan fingerprint density at radius 2 is 1.95 bits per heavy atom. The van der Waals surface area contributed by atoms with E-state index >= 15 is 0 Å². The number of carbonyl (C=O) groups excluding carboxylic acids is 1. The summed E-state index contributed by atoms with van der Waals surface area (Å²) in [6.07, 6.45) is 3.52. The van der Waals surface area contributed by atoms with Crippen LogP contribution < -0.4 is 5.32 Å². The maximum Gasteiger partial charge on any atom is 0.168 e.